The molecule has 6 unspecified atom stereocenters. The minimum absolute atomic E-state index is 0.0794. The van der Waals surface area contributed by atoms with E-state index in [9.17, 15) is 19.5 Å². The fraction of sp³-hybridized carbons (Fsp3) is 0.300. The highest BCUT2D eigenvalue weighted by Crippen LogP contribution is 2.65. The Morgan fingerprint density at radius 1 is 0.902 bits per heavy atom. The fourth-order valence-corrected chi connectivity index (χ4v) is 9.71. The molecule has 4 aliphatic rings. The topological polar surface area (TPSA) is 116 Å². The third-order valence-electron chi connectivity index (χ3n) is 11.4. The molecule has 11 heteroatoms. The lowest BCUT2D eigenvalue weighted by Crippen LogP contribution is -2.53. The number of methoxy groups -OCH3 is 1. The minimum Gasteiger partial charge on any atom is -0.507 e. The van der Waals surface area contributed by atoms with Gasteiger partial charge in [-0.05, 0) is 78.1 Å². The predicted molar refractivity (Wildman–Crippen MR) is 193 cm³/mol. The summed E-state index contributed by atoms with van der Waals surface area (Å²) < 4.78 is 5.49. The Hall–Kier alpha value is -4.86. The van der Waals surface area contributed by atoms with Crippen molar-refractivity contribution in [1.29, 1.82) is 0 Å². The molecule has 4 aromatic rings. The van der Waals surface area contributed by atoms with Crippen LogP contribution in [-0.2, 0) is 24.6 Å². The molecule has 0 aromatic heterocycles. The third-order valence-corrected chi connectivity index (χ3v) is 11.9. The monoisotopic (exact) mass is 723 g/mol. The van der Waals surface area contributed by atoms with Crippen molar-refractivity contribution in [2.24, 2.45) is 23.7 Å². The van der Waals surface area contributed by atoms with Crippen LogP contribution in [0.5, 0.6) is 11.5 Å². The summed E-state index contributed by atoms with van der Waals surface area (Å²) in [6.07, 6.45) is 3.17. The number of hydrogen-bond donors (Lipinski definition) is 2. The lowest BCUT2D eigenvalue weighted by Gasteiger charge is -2.51. The molecule has 6 atom stereocenters. The van der Waals surface area contributed by atoms with Gasteiger partial charge in [-0.25, -0.2) is 0 Å². The van der Waals surface area contributed by atoms with E-state index in [-0.39, 0.29) is 29.0 Å². The van der Waals surface area contributed by atoms with Crippen molar-refractivity contribution < 1.29 is 29.0 Å². The predicted octanol–water partition coefficient (Wildman–Crippen LogP) is 7.26. The van der Waals surface area contributed by atoms with Crippen molar-refractivity contribution in [2.45, 2.75) is 37.5 Å². The summed E-state index contributed by atoms with van der Waals surface area (Å²) in [7, 11) is 1.56. The number of benzene rings is 4. The number of anilines is 1. The number of nitrogens with zero attached hydrogens (tertiary/aromatic N) is 2. The van der Waals surface area contributed by atoms with E-state index >= 15 is 4.79 Å². The molecule has 2 heterocycles. The number of halogens is 2. The molecule has 0 radical (unpaired) electrons. The molecule has 2 aliphatic heterocycles. The van der Waals surface area contributed by atoms with Crippen LogP contribution in [0, 0.1) is 23.7 Å². The van der Waals surface area contributed by atoms with Gasteiger partial charge in [-0.15, -0.1) is 0 Å². The molecular formula is C40H35Cl2N3O6. The smallest absolute Gasteiger partial charge is 0.260 e. The number of hydrazine groups is 1. The summed E-state index contributed by atoms with van der Waals surface area (Å²) in [5.41, 5.74) is 4.01. The summed E-state index contributed by atoms with van der Waals surface area (Å²) >= 11 is 12.7. The second-order valence-electron chi connectivity index (χ2n) is 13.8. The van der Waals surface area contributed by atoms with Crippen LogP contribution in [0.25, 0.3) is 10.8 Å². The van der Waals surface area contributed by atoms with Crippen molar-refractivity contribution in [2.75, 3.05) is 19.1 Å². The van der Waals surface area contributed by atoms with Crippen molar-refractivity contribution in [3.63, 3.8) is 0 Å². The molecular weight excluding hydrogens is 689 g/mol. The van der Waals surface area contributed by atoms with E-state index in [2.05, 4.69) is 5.43 Å². The number of carbonyl (C=O) groups is 4. The van der Waals surface area contributed by atoms with Gasteiger partial charge < -0.3 is 9.84 Å². The van der Waals surface area contributed by atoms with Gasteiger partial charge in [-0.2, -0.15) is 5.01 Å². The van der Waals surface area contributed by atoms with Crippen molar-refractivity contribution >= 4 is 63.3 Å². The average Bonchev–Trinajstić information content (AvgIpc) is 3.50. The van der Waals surface area contributed by atoms with Crippen LogP contribution in [0.1, 0.15) is 43.2 Å². The zero-order valence-electron chi connectivity index (χ0n) is 27.9. The summed E-state index contributed by atoms with van der Waals surface area (Å²) in [6, 6.07) is 22.8. The second kappa shape index (κ2) is 12.4. The maximum Gasteiger partial charge on any atom is 0.260 e. The maximum atomic E-state index is 15.5. The summed E-state index contributed by atoms with van der Waals surface area (Å²) in [5, 5.41) is 14.0. The highest BCUT2D eigenvalue weighted by atomic mass is 35.5. The largest absolute Gasteiger partial charge is 0.507 e. The lowest BCUT2D eigenvalue weighted by molar-refractivity contribution is -0.141. The molecule has 51 heavy (non-hydrogen) atoms. The van der Waals surface area contributed by atoms with E-state index in [1.54, 1.807) is 37.4 Å². The number of carbonyl (C=O) groups excluding carboxylic acids is 4. The van der Waals surface area contributed by atoms with Gasteiger partial charge in [-0.3, -0.25) is 29.5 Å². The highest BCUT2D eigenvalue weighted by Gasteiger charge is 2.70. The summed E-state index contributed by atoms with van der Waals surface area (Å²) in [5.74, 6) is -4.12. The van der Waals surface area contributed by atoms with Crippen LogP contribution < -0.4 is 10.2 Å². The van der Waals surface area contributed by atoms with E-state index in [1.165, 1.54) is 11.0 Å². The Bertz CT molecular complexity index is 2170. The normalized spacial score (nSPS) is 27.0. The van der Waals surface area contributed by atoms with Crippen LogP contribution in [0.3, 0.4) is 0 Å². The Balaban J connectivity index is 1.40. The Morgan fingerprint density at radius 2 is 1.65 bits per heavy atom. The number of allylic oxidation sites excluding steroid dienone is 2. The molecule has 0 spiro atoms. The molecule has 2 aliphatic carbocycles. The molecule has 1 saturated carbocycles. The Morgan fingerprint density at radius 3 is 2.35 bits per heavy atom. The fourth-order valence-electron chi connectivity index (χ4n) is 9.26. The van der Waals surface area contributed by atoms with Gasteiger partial charge in [0.25, 0.3) is 11.8 Å². The van der Waals surface area contributed by atoms with Gasteiger partial charge in [0, 0.05) is 22.9 Å². The lowest BCUT2D eigenvalue weighted by atomic mass is 9.49. The molecule has 9 nitrogen and oxygen atoms in total. The number of phenols is 1. The molecule has 2 saturated heterocycles. The van der Waals surface area contributed by atoms with Crippen molar-refractivity contribution in [3.8, 4) is 11.5 Å². The average molecular weight is 725 g/mol. The number of fused-ring (bicyclic) bond motifs is 5. The van der Waals surface area contributed by atoms with E-state index in [1.807, 2.05) is 55.5 Å². The second-order valence-corrected chi connectivity index (χ2v) is 14.6. The van der Waals surface area contributed by atoms with Gasteiger partial charge in [0.1, 0.15) is 11.5 Å². The molecule has 4 aromatic carbocycles. The number of imide groups is 2. The molecule has 3 fully saturated rings. The molecule has 4 amide bonds. The Kier molecular flexibility index (Phi) is 8.11. The van der Waals surface area contributed by atoms with Gasteiger partial charge in [0.2, 0.25) is 11.8 Å². The zero-order valence-corrected chi connectivity index (χ0v) is 29.4. The molecule has 0 bridgehead atoms. The molecule has 260 valence electrons. The number of ether oxygens (including phenoxy) is 1. The third kappa shape index (κ3) is 4.81. The number of nitrogens with one attached hydrogen (secondary N) is 1. The number of amides is 4. The number of aromatic hydroxyl groups is 1. The van der Waals surface area contributed by atoms with E-state index in [4.69, 9.17) is 27.9 Å². The van der Waals surface area contributed by atoms with Crippen LogP contribution in [0.2, 0.25) is 10.0 Å². The highest BCUT2D eigenvalue weighted by molar-refractivity contribution is 6.36. The molecule has 8 rings (SSSR count). The SMILES string of the molecule is CCCN1C(=O)C2CC=C3C(CC4C(=O)N(Nc5ccc(Cl)cc5Cl)C(=O)C4(c4ccc(OC)cc4)C3c3ccc(O)c4ccccc34)C2C1=O. The Labute approximate surface area is 304 Å². The first-order chi connectivity index (χ1) is 24.6. The number of likely N-dealkylation sites (tertiary alicyclic amines) is 1. The number of rotatable bonds is 7. The zero-order chi connectivity index (χ0) is 35.8. The number of hydrogen-bond acceptors (Lipinski definition) is 7. The van der Waals surface area contributed by atoms with Crippen molar-refractivity contribution in [1.82, 2.24) is 9.91 Å². The van der Waals surface area contributed by atoms with Gasteiger partial charge >= 0.3 is 0 Å². The van der Waals surface area contributed by atoms with E-state index < -0.39 is 46.8 Å². The standard InChI is InChI=1S/C40H35Cl2N3O6/c1-3-18-44-36(47)28-14-13-27-29(34(28)38(44)49)20-30-37(48)45(43-32-16-10-22(41)19-31(32)42)39(50)40(30,21-8-11-23(51-2)12-9-21)35(27)26-15-17-33(46)25-7-5-4-6-24(25)26/h4-13,15-17,19,28-30,34-35,43,46H,3,14,18,20H2,1-2H3. The van der Waals surface area contributed by atoms with Gasteiger partial charge in [-0.1, -0.05) is 84.2 Å². The minimum atomic E-state index is -1.50. The first-order valence-corrected chi connectivity index (χ1v) is 17.9. The summed E-state index contributed by atoms with van der Waals surface area (Å²) in [6.45, 7) is 2.26. The van der Waals surface area contributed by atoms with Crippen molar-refractivity contribution in [3.05, 3.63) is 112 Å². The van der Waals surface area contributed by atoms with Gasteiger partial charge in [0.15, 0.2) is 0 Å². The maximum absolute atomic E-state index is 15.5. The first kappa shape index (κ1) is 33.3. The van der Waals surface area contributed by atoms with E-state index in [0.717, 1.165) is 16.1 Å². The van der Waals surface area contributed by atoms with Crippen LogP contribution in [-0.4, -0.2) is 52.3 Å². The van der Waals surface area contributed by atoms with Crippen LogP contribution in [0.4, 0.5) is 5.69 Å². The summed E-state index contributed by atoms with van der Waals surface area (Å²) in [4.78, 5) is 59.6. The van der Waals surface area contributed by atoms with Crippen LogP contribution in [0.15, 0.2) is 90.5 Å². The quantitative estimate of drug-likeness (QED) is 0.152. The number of phenolic OH excluding ortho intramolecular Hbond substituents is 1. The first-order valence-electron chi connectivity index (χ1n) is 17.1. The van der Waals surface area contributed by atoms with E-state index in [0.29, 0.717) is 52.2 Å². The van der Waals surface area contributed by atoms with Gasteiger partial charge in [0.05, 0.1) is 41.0 Å². The molecule has 2 N–H and O–H groups in total. The van der Waals surface area contributed by atoms with Crippen LogP contribution >= 0.6 is 23.2 Å².